The van der Waals surface area contributed by atoms with Crippen molar-refractivity contribution in [2.24, 2.45) is 4.99 Å². The fourth-order valence-corrected chi connectivity index (χ4v) is 3.06. The Hall–Kier alpha value is -2.34. The second kappa shape index (κ2) is 9.38. The van der Waals surface area contributed by atoms with Crippen LogP contribution in [0.15, 0.2) is 58.4 Å². The maximum atomic E-state index is 11.5. The average molecular weight is 374 g/mol. The number of nitrogens with zero attached hydrogens (tertiary/aromatic N) is 1. The monoisotopic (exact) mass is 373 g/mol. The van der Waals surface area contributed by atoms with Gasteiger partial charge >= 0.3 is 0 Å². The highest BCUT2D eigenvalue weighted by Gasteiger charge is 2.06. The lowest BCUT2D eigenvalue weighted by atomic mass is 10.1. The summed E-state index contributed by atoms with van der Waals surface area (Å²) >= 11 is 0. The fraction of sp³-hybridized carbons (Fsp3) is 0.350. The molecular formula is C20H27N3O2S. The molecule has 0 saturated carbocycles. The molecule has 5 nitrogen and oxygen atoms in total. The summed E-state index contributed by atoms with van der Waals surface area (Å²) in [5.74, 6) is 0.779. The number of nitrogens with one attached hydrogen (secondary N) is 2. The third-order valence-electron chi connectivity index (χ3n) is 3.94. The van der Waals surface area contributed by atoms with Crippen molar-refractivity contribution < 1.29 is 8.42 Å². The molecule has 0 amide bonds. The molecule has 140 valence electrons. The van der Waals surface area contributed by atoms with E-state index in [2.05, 4.69) is 46.8 Å². The molecule has 0 aliphatic heterocycles. The summed E-state index contributed by atoms with van der Waals surface area (Å²) in [4.78, 5) is 4.96. The van der Waals surface area contributed by atoms with Crippen LogP contribution >= 0.6 is 0 Å². The SMILES string of the molecule is CCNC(=NCc1ccc(C)cc1)NCCc1ccc(S(C)(=O)=O)cc1. The normalized spacial score (nSPS) is 12.0. The minimum Gasteiger partial charge on any atom is -0.357 e. The van der Waals surface area contributed by atoms with Crippen molar-refractivity contribution in [3.05, 3.63) is 65.2 Å². The maximum Gasteiger partial charge on any atom is 0.191 e. The first-order valence-electron chi connectivity index (χ1n) is 8.75. The Labute approximate surface area is 156 Å². The number of sulfone groups is 1. The molecule has 0 spiro atoms. The molecule has 0 saturated heterocycles. The molecule has 0 unspecified atom stereocenters. The highest BCUT2D eigenvalue weighted by molar-refractivity contribution is 7.90. The summed E-state index contributed by atoms with van der Waals surface area (Å²) in [6, 6.07) is 15.4. The van der Waals surface area contributed by atoms with Crippen LogP contribution in [0.4, 0.5) is 0 Å². The van der Waals surface area contributed by atoms with E-state index in [9.17, 15) is 8.42 Å². The average Bonchev–Trinajstić information content (AvgIpc) is 2.61. The molecular weight excluding hydrogens is 346 g/mol. The van der Waals surface area contributed by atoms with Crippen molar-refractivity contribution in [2.75, 3.05) is 19.3 Å². The van der Waals surface area contributed by atoms with Gasteiger partial charge in [0.15, 0.2) is 15.8 Å². The topological polar surface area (TPSA) is 70.6 Å². The summed E-state index contributed by atoms with van der Waals surface area (Å²) in [6.07, 6.45) is 2.01. The molecule has 0 aliphatic rings. The Bertz CT molecular complexity index is 826. The first kappa shape index (κ1) is 20.0. The van der Waals surface area contributed by atoms with Gasteiger partial charge in [0.05, 0.1) is 11.4 Å². The first-order chi connectivity index (χ1) is 12.4. The number of hydrogen-bond donors (Lipinski definition) is 2. The van der Waals surface area contributed by atoms with Crippen LogP contribution in [0.3, 0.4) is 0 Å². The van der Waals surface area contributed by atoms with Crippen LogP contribution in [-0.4, -0.2) is 33.7 Å². The Morgan fingerprint density at radius 3 is 2.15 bits per heavy atom. The highest BCUT2D eigenvalue weighted by Crippen LogP contribution is 2.10. The third-order valence-corrected chi connectivity index (χ3v) is 5.07. The second-order valence-electron chi connectivity index (χ2n) is 6.27. The predicted molar refractivity (Wildman–Crippen MR) is 107 cm³/mol. The van der Waals surface area contributed by atoms with E-state index in [1.165, 1.54) is 17.4 Å². The van der Waals surface area contributed by atoms with Gasteiger partial charge in [0, 0.05) is 19.3 Å². The number of aliphatic imine (C=N–C) groups is 1. The van der Waals surface area contributed by atoms with E-state index in [0.29, 0.717) is 11.4 Å². The molecule has 0 aromatic heterocycles. The van der Waals surface area contributed by atoms with Gasteiger partial charge in [-0.1, -0.05) is 42.0 Å². The number of benzene rings is 2. The lowest BCUT2D eigenvalue weighted by Gasteiger charge is -2.11. The Morgan fingerprint density at radius 1 is 0.962 bits per heavy atom. The molecule has 0 fully saturated rings. The molecule has 0 atom stereocenters. The largest absolute Gasteiger partial charge is 0.357 e. The molecule has 6 heteroatoms. The zero-order valence-electron chi connectivity index (χ0n) is 15.6. The van der Waals surface area contributed by atoms with E-state index in [0.717, 1.165) is 31.0 Å². The lowest BCUT2D eigenvalue weighted by Crippen LogP contribution is -2.38. The zero-order valence-corrected chi connectivity index (χ0v) is 16.4. The predicted octanol–water partition coefficient (Wildman–Crippen LogP) is 2.70. The number of aryl methyl sites for hydroxylation is 1. The molecule has 26 heavy (non-hydrogen) atoms. The van der Waals surface area contributed by atoms with Gasteiger partial charge in [-0.15, -0.1) is 0 Å². The minimum absolute atomic E-state index is 0.349. The van der Waals surface area contributed by atoms with E-state index in [-0.39, 0.29) is 0 Å². The van der Waals surface area contributed by atoms with Gasteiger partial charge in [-0.05, 0) is 43.5 Å². The molecule has 2 rings (SSSR count). The number of guanidine groups is 1. The molecule has 2 aromatic carbocycles. The van der Waals surface area contributed by atoms with Gasteiger partial charge in [-0.25, -0.2) is 13.4 Å². The zero-order chi connectivity index (χ0) is 19.0. The van der Waals surface area contributed by atoms with Gasteiger partial charge in [-0.3, -0.25) is 0 Å². The number of rotatable bonds is 7. The Kier molecular flexibility index (Phi) is 7.21. The Morgan fingerprint density at radius 2 is 1.58 bits per heavy atom. The van der Waals surface area contributed by atoms with Gasteiger partial charge in [0.2, 0.25) is 0 Å². The standard InChI is InChI=1S/C20H27N3O2S/c1-4-21-20(23-15-18-7-5-16(2)6-8-18)22-14-13-17-9-11-19(12-10-17)26(3,24)25/h5-12H,4,13-15H2,1-3H3,(H2,21,22,23). The van der Waals surface area contributed by atoms with Crippen molar-refractivity contribution in [3.8, 4) is 0 Å². The summed E-state index contributed by atoms with van der Waals surface area (Å²) in [7, 11) is -3.14. The molecule has 0 radical (unpaired) electrons. The molecule has 0 aliphatic carbocycles. The van der Waals surface area contributed by atoms with Crippen molar-refractivity contribution in [1.29, 1.82) is 0 Å². The quantitative estimate of drug-likeness (QED) is 0.578. The lowest BCUT2D eigenvalue weighted by molar-refractivity contribution is 0.602. The van der Waals surface area contributed by atoms with Gasteiger partial charge in [0.1, 0.15) is 0 Å². The molecule has 0 bridgehead atoms. The number of hydrogen-bond acceptors (Lipinski definition) is 3. The summed E-state index contributed by atoms with van der Waals surface area (Å²) in [6.45, 7) is 6.24. The van der Waals surface area contributed by atoms with Crippen LogP contribution in [0.5, 0.6) is 0 Å². The minimum atomic E-state index is -3.14. The van der Waals surface area contributed by atoms with E-state index < -0.39 is 9.84 Å². The van der Waals surface area contributed by atoms with E-state index >= 15 is 0 Å². The van der Waals surface area contributed by atoms with Crippen LogP contribution in [0.25, 0.3) is 0 Å². The maximum absolute atomic E-state index is 11.5. The second-order valence-corrected chi connectivity index (χ2v) is 8.29. The van der Waals surface area contributed by atoms with Crippen molar-refractivity contribution in [1.82, 2.24) is 10.6 Å². The van der Waals surface area contributed by atoms with Crippen molar-refractivity contribution in [3.63, 3.8) is 0 Å². The van der Waals surface area contributed by atoms with Crippen LogP contribution in [-0.2, 0) is 22.8 Å². The first-order valence-corrected chi connectivity index (χ1v) is 10.6. The van der Waals surface area contributed by atoms with Crippen LogP contribution in [0.2, 0.25) is 0 Å². The van der Waals surface area contributed by atoms with Gasteiger partial charge in [0.25, 0.3) is 0 Å². The van der Waals surface area contributed by atoms with Crippen molar-refractivity contribution >= 4 is 15.8 Å². The fourth-order valence-electron chi connectivity index (χ4n) is 2.43. The summed E-state index contributed by atoms with van der Waals surface area (Å²) in [5, 5.41) is 6.56. The van der Waals surface area contributed by atoms with E-state index in [1.807, 2.05) is 19.1 Å². The van der Waals surface area contributed by atoms with Crippen LogP contribution in [0.1, 0.15) is 23.6 Å². The van der Waals surface area contributed by atoms with Gasteiger partial charge in [-0.2, -0.15) is 0 Å². The third kappa shape index (κ3) is 6.52. The molecule has 2 N–H and O–H groups in total. The van der Waals surface area contributed by atoms with E-state index in [4.69, 9.17) is 0 Å². The van der Waals surface area contributed by atoms with Crippen molar-refractivity contribution in [2.45, 2.75) is 31.7 Å². The molecule has 0 heterocycles. The van der Waals surface area contributed by atoms with E-state index in [1.54, 1.807) is 12.1 Å². The smallest absolute Gasteiger partial charge is 0.191 e. The highest BCUT2D eigenvalue weighted by atomic mass is 32.2. The summed E-state index contributed by atoms with van der Waals surface area (Å²) in [5.41, 5.74) is 3.49. The van der Waals surface area contributed by atoms with Crippen LogP contribution < -0.4 is 10.6 Å². The van der Waals surface area contributed by atoms with Gasteiger partial charge < -0.3 is 10.6 Å². The molecule has 2 aromatic rings. The Balaban J connectivity index is 1.89. The summed E-state index contributed by atoms with van der Waals surface area (Å²) < 4.78 is 23.0. The van der Waals surface area contributed by atoms with Crippen LogP contribution in [0, 0.1) is 6.92 Å².